The molecule has 156 valence electrons. The fourth-order valence-corrected chi connectivity index (χ4v) is 3.57. The molecule has 3 heterocycles. The predicted octanol–water partition coefficient (Wildman–Crippen LogP) is 0.688. The molecule has 2 atom stereocenters. The van der Waals surface area contributed by atoms with Crippen molar-refractivity contribution in [2.45, 2.75) is 45.3 Å². The van der Waals surface area contributed by atoms with Gasteiger partial charge in [-0.25, -0.2) is 9.97 Å². The number of nitrogens with zero attached hydrogens (tertiary/aromatic N) is 8. The smallest absolute Gasteiger partial charge is 0.261 e. The zero-order chi connectivity index (χ0) is 21.3. The lowest BCUT2D eigenvalue weighted by Crippen LogP contribution is -2.29. The zero-order valence-corrected chi connectivity index (χ0v) is 16.7. The molecule has 3 aromatic heterocycles. The van der Waals surface area contributed by atoms with Crippen LogP contribution in [-0.2, 0) is 6.54 Å². The highest BCUT2D eigenvalue weighted by atomic mass is 16.3. The van der Waals surface area contributed by atoms with Crippen LogP contribution >= 0.6 is 0 Å². The number of aliphatic hydroxyl groups is 1. The zero-order valence-electron chi connectivity index (χ0n) is 16.7. The summed E-state index contributed by atoms with van der Waals surface area (Å²) in [4.78, 5) is 36.3. The van der Waals surface area contributed by atoms with Gasteiger partial charge in [0.1, 0.15) is 0 Å². The van der Waals surface area contributed by atoms with Crippen LogP contribution in [0.5, 0.6) is 0 Å². The summed E-state index contributed by atoms with van der Waals surface area (Å²) in [6.07, 6.45) is 5.52. The molecular weight excluding hydrogens is 388 g/mol. The van der Waals surface area contributed by atoms with Crippen LogP contribution in [-0.4, -0.2) is 51.0 Å². The molecule has 0 saturated heterocycles. The first-order chi connectivity index (χ1) is 14.6. The molecule has 0 aliphatic carbocycles. The summed E-state index contributed by atoms with van der Waals surface area (Å²) in [6, 6.07) is 2.64. The maximum Gasteiger partial charge on any atom is 0.261 e. The van der Waals surface area contributed by atoms with Gasteiger partial charge < -0.3 is 5.11 Å². The van der Waals surface area contributed by atoms with E-state index in [9.17, 15) is 14.7 Å². The molecule has 11 heteroatoms. The van der Waals surface area contributed by atoms with Gasteiger partial charge in [0.2, 0.25) is 0 Å². The molecule has 1 aromatic carbocycles. The molecule has 0 aliphatic rings. The van der Waals surface area contributed by atoms with Crippen molar-refractivity contribution in [3.63, 3.8) is 0 Å². The predicted molar refractivity (Wildman–Crippen MR) is 109 cm³/mol. The average molecular weight is 410 g/mol. The summed E-state index contributed by atoms with van der Waals surface area (Å²) in [6.45, 7) is 4.09. The minimum atomic E-state index is -0.346. The molecule has 0 radical (unpaired) electrons. The first-order valence-corrected chi connectivity index (χ1v) is 9.80. The van der Waals surface area contributed by atoms with Gasteiger partial charge in [-0.1, -0.05) is 13.8 Å². The van der Waals surface area contributed by atoms with Crippen LogP contribution in [0.15, 0.2) is 40.7 Å². The van der Waals surface area contributed by atoms with Gasteiger partial charge in [-0.05, 0) is 30.2 Å². The first kappa shape index (κ1) is 19.8. The lowest BCUT2D eigenvalue weighted by Gasteiger charge is -2.18. The van der Waals surface area contributed by atoms with E-state index in [4.69, 9.17) is 0 Å². The standard InChI is InChI=1S/C19H22N8O3/c1-3-12(7-27-23-9-22-24-27)25-10-20-16-6-15-17(5-14(16)18(25)29)21-11-26(19(15)30)13(4-2)8-28/h5-6,9-13,28H,3-4,7-8H2,1-2H3. The number of aliphatic hydroxyl groups excluding tert-OH is 1. The maximum atomic E-state index is 13.2. The third kappa shape index (κ3) is 3.36. The molecular formula is C19H22N8O3. The molecule has 11 nitrogen and oxygen atoms in total. The van der Waals surface area contributed by atoms with Crippen molar-refractivity contribution in [3.8, 4) is 0 Å². The van der Waals surface area contributed by atoms with Crippen LogP contribution < -0.4 is 11.1 Å². The Bertz CT molecular complexity index is 1290. The second kappa shape index (κ2) is 8.11. The van der Waals surface area contributed by atoms with Crippen molar-refractivity contribution in [2.75, 3.05) is 6.61 Å². The molecule has 0 aliphatic heterocycles. The molecule has 1 N–H and O–H groups in total. The normalized spacial score (nSPS) is 13.7. The fraction of sp³-hybridized carbons (Fsp3) is 0.421. The van der Waals surface area contributed by atoms with Crippen LogP contribution in [0.3, 0.4) is 0 Å². The quantitative estimate of drug-likeness (QED) is 0.440. The van der Waals surface area contributed by atoms with Crippen molar-refractivity contribution >= 4 is 21.8 Å². The van der Waals surface area contributed by atoms with Crippen molar-refractivity contribution in [1.82, 2.24) is 39.3 Å². The number of tetrazole rings is 1. The largest absolute Gasteiger partial charge is 0.394 e. The average Bonchev–Trinajstić information content (AvgIpc) is 3.27. The van der Waals surface area contributed by atoms with E-state index in [0.717, 1.165) is 0 Å². The number of hydrogen-bond acceptors (Lipinski definition) is 8. The lowest BCUT2D eigenvalue weighted by atomic mass is 10.1. The van der Waals surface area contributed by atoms with E-state index in [0.29, 0.717) is 41.2 Å². The third-order valence-electron chi connectivity index (χ3n) is 5.39. The fourth-order valence-electron chi connectivity index (χ4n) is 3.57. The molecule has 0 amide bonds. The van der Waals surface area contributed by atoms with Gasteiger partial charge in [-0.15, -0.1) is 10.2 Å². The van der Waals surface area contributed by atoms with Gasteiger partial charge in [0.25, 0.3) is 11.1 Å². The molecule has 30 heavy (non-hydrogen) atoms. The Labute approximate surface area is 170 Å². The Morgan fingerprint density at radius 3 is 1.97 bits per heavy atom. The second-order valence-corrected chi connectivity index (χ2v) is 7.10. The van der Waals surface area contributed by atoms with E-state index in [1.54, 1.807) is 16.7 Å². The van der Waals surface area contributed by atoms with Gasteiger partial charge in [-0.2, -0.15) is 4.80 Å². The minimum Gasteiger partial charge on any atom is -0.394 e. The SMILES string of the molecule is CCC(CO)n1cnc2cc3c(=O)n(C(CC)Cn4ncnn4)cnc3cc2c1=O. The van der Waals surface area contributed by atoms with Crippen molar-refractivity contribution < 1.29 is 5.11 Å². The Morgan fingerprint density at radius 1 is 0.933 bits per heavy atom. The van der Waals surface area contributed by atoms with Crippen molar-refractivity contribution in [2.24, 2.45) is 0 Å². The van der Waals surface area contributed by atoms with Gasteiger partial charge >= 0.3 is 0 Å². The van der Waals surface area contributed by atoms with Crippen molar-refractivity contribution in [1.29, 1.82) is 0 Å². The molecule has 2 unspecified atom stereocenters. The Hall–Kier alpha value is -3.47. The summed E-state index contributed by atoms with van der Waals surface area (Å²) in [5, 5.41) is 21.8. The maximum absolute atomic E-state index is 13.2. The van der Waals surface area contributed by atoms with Gasteiger partial charge in [0, 0.05) is 0 Å². The van der Waals surface area contributed by atoms with Crippen LogP contribution in [0.2, 0.25) is 0 Å². The number of aromatic nitrogens is 8. The van der Waals surface area contributed by atoms with Gasteiger partial charge in [0.05, 0.1) is 59.7 Å². The number of benzene rings is 1. The summed E-state index contributed by atoms with van der Waals surface area (Å²) in [5.41, 5.74) is 0.351. The van der Waals surface area contributed by atoms with E-state index in [-0.39, 0.29) is 29.8 Å². The molecule has 0 fully saturated rings. The monoisotopic (exact) mass is 410 g/mol. The number of fused-ring (bicyclic) bond motifs is 2. The van der Waals surface area contributed by atoms with E-state index >= 15 is 0 Å². The van der Waals surface area contributed by atoms with E-state index in [2.05, 4.69) is 25.4 Å². The Kier molecular flexibility index (Phi) is 5.36. The summed E-state index contributed by atoms with van der Waals surface area (Å²) in [5.74, 6) is 0. The number of rotatable bonds is 7. The van der Waals surface area contributed by atoms with Crippen LogP contribution in [0, 0.1) is 0 Å². The first-order valence-electron chi connectivity index (χ1n) is 9.80. The van der Waals surface area contributed by atoms with Gasteiger partial charge in [-0.3, -0.25) is 18.7 Å². The summed E-state index contributed by atoms with van der Waals surface area (Å²) >= 11 is 0. The molecule has 4 aromatic rings. The van der Waals surface area contributed by atoms with Crippen LogP contribution in [0.4, 0.5) is 0 Å². The minimum absolute atomic E-state index is 0.154. The highest BCUT2D eigenvalue weighted by molar-refractivity contribution is 5.93. The van der Waals surface area contributed by atoms with E-state index in [1.807, 2.05) is 13.8 Å². The van der Waals surface area contributed by atoms with E-state index in [1.165, 1.54) is 28.3 Å². The molecule has 0 spiro atoms. The van der Waals surface area contributed by atoms with E-state index < -0.39 is 0 Å². The molecule has 0 saturated carbocycles. The Morgan fingerprint density at radius 2 is 1.50 bits per heavy atom. The van der Waals surface area contributed by atoms with Gasteiger partial charge in [0.15, 0.2) is 6.33 Å². The molecule has 0 bridgehead atoms. The summed E-state index contributed by atoms with van der Waals surface area (Å²) < 4.78 is 2.98. The van der Waals surface area contributed by atoms with Crippen LogP contribution in [0.25, 0.3) is 21.8 Å². The second-order valence-electron chi connectivity index (χ2n) is 7.10. The summed E-state index contributed by atoms with van der Waals surface area (Å²) in [7, 11) is 0. The highest BCUT2D eigenvalue weighted by Crippen LogP contribution is 2.18. The molecule has 4 rings (SSSR count). The lowest BCUT2D eigenvalue weighted by molar-refractivity contribution is 0.221. The van der Waals surface area contributed by atoms with Crippen molar-refractivity contribution in [3.05, 3.63) is 51.8 Å². The topological polar surface area (TPSA) is 134 Å². The highest BCUT2D eigenvalue weighted by Gasteiger charge is 2.17. The Balaban J connectivity index is 1.84. The number of hydrogen-bond donors (Lipinski definition) is 1. The van der Waals surface area contributed by atoms with Crippen LogP contribution in [0.1, 0.15) is 38.8 Å². The third-order valence-corrected chi connectivity index (χ3v) is 5.39.